The number of carbonyl (C=O) groups excluding carboxylic acids is 1. The molecule has 3 nitrogen and oxygen atoms in total. The molecule has 0 saturated carbocycles. The van der Waals surface area contributed by atoms with Crippen LogP contribution in [0, 0.1) is 5.92 Å². The van der Waals surface area contributed by atoms with Crippen LogP contribution in [0.5, 0.6) is 5.75 Å². The van der Waals surface area contributed by atoms with Crippen LogP contribution in [0.1, 0.15) is 36.2 Å². The first kappa shape index (κ1) is 11.7. The number of carbonyl (C=O) groups is 1. The van der Waals surface area contributed by atoms with Gasteiger partial charge in [0.2, 0.25) is 0 Å². The first-order chi connectivity index (χ1) is 7.04. The highest BCUT2D eigenvalue weighted by atomic mass is 16.3. The maximum Gasteiger partial charge on any atom is 0.166 e. The third-order valence-corrected chi connectivity index (χ3v) is 2.14. The molecule has 0 saturated heterocycles. The van der Waals surface area contributed by atoms with Crippen molar-refractivity contribution in [1.82, 2.24) is 0 Å². The van der Waals surface area contributed by atoms with Gasteiger partial charge in [0.1, 0.15) is 5.75 Å². The van der Waals surface area contributed by atoms with E-state index in [9.17, 15) is 9.90 Å². The molecule has 1 aromatic rings. The molecule has 82 valence electrons. The Bertz CT molecular complexity index is 356. The zero-order chi connectivity index (χ0) is 11.4. The second kappa shape index (κ2) is 4.94. The number of aliphatic hydroxyl groups excluding tert-OH is 1. The molecule has 0 spiro atoms. The van der Waals surface area contributed by atoms with Gasteiger partial charge in [0.15, 0.2) is 5.78 Å². The van der Waals surface area contributed by atoms with Crippen molar-refractivity contribution in [2.75, 3.05) is 0 Å². The van der Waals surface area contributed by atoms with Crippen molar-refractivity contribution in [2.45, 2.75) is 26.9 Å². The lowest BCUT2D eigenvalue weighted by atomic mass is 9.99. The van der Waals surface area contributed by atoms with E-state index < -0.39 is 0 Å². The predicted octanol–water partition coefficient (Wildman–Crippen LogP) is 2.11. The van der Waals surface area contributed by atoms with Crippen molar-refractivity contribution in [3.63, 3.8) is 0 Å². The maximum absolute atomic E-state index is 11.7. The summed E-state index contributed by atoms with van der Waals surface area (Å²) in [5, 5.41) is 18.4. The van der Waals surface area contributed by atoms with Gasteiger partial charge in [-0.1, -0.05) is 19.9 Å². The Morgan fingerprint density at radius 3 is 2.60 bits per heavy atom. The molecule has 2 N–H and O–H groups in total. The minimum Gasteiger partial charge on any atom is -0.507 e. The summed E-state index contributed by atoms with van der Waals surface area (Å²) in [6, 6.07) is 4.58. The largest absolute Gasteiger partial charge is 0.507 e. The zero-order valence-corrected chi connectivity index (χ0v) is 9.03. The van der Waals surface area contributed by atoms with Gasteiger partial charge in [-0.3, -0.25) is 4.79 Å². The van der Waals surface area contributed by atoms with E-state index in [0.29, 0.717) is 17.5 Å². The Kier molecular flexibility index (Phi) is 3.86. The molecule has 1 aromatic carbocycles. The summed E-state index contributed by atoms with van der Waals surface area (Å²) in [6.07, 6.45) is 0.405. The molecule has 15 heavy (non-hydrogen) atoms. The molecule has 0 aliphatic heterocycles. The van der Waals surface area contributed by atoms with Gasteiger partial charge in [-0.2, -0.15) is 0 Å². The quantitative estimate of drug-likeness (QED) is 0.745. The van der Waals surface area contributed by atoms with Crippen LogP contribution in [0.3, 0.4) is 0 Å². The van der Waals surface area contributed by atoms with E-state index in [1.54, 1.807) is 12.1 Å². The van der Waals surface area contributed by atoms with Crippen molar-refractivity contribution in [1.29, 1.82) is 0 Å². The Balaban J connectivity index is 2.96. The molecule has 0 radical (unpaired) electrons. The monoisotopic (exact) mass is 208 g/mol. The molecule has 0 unspecified atom stereocenters. The molecule has 0 atom stereocenters. The molecule has 0 aliphatic carbocycles. The fraction of sp³-hybridized carbons (Fsp3) is 0.417. The van der Waals surface area contributed by atoms with Gasteiger partial charge >= 0.3 is 0 Å². The fourth-order valence-electron chi connectivity index (χ4n) is 1.39. The van der Waals surface area contributed by atoms with E-state index in [4.69, 9.17) is 5.11 Å². The molecular formula is C12H16O3. The highest BCUT2D eigenvalue weighted by molar-refractivity contribution is 5.98. The number of rotatable bonds is 4. The molecule has 3 heteroatoms. The third-order valence-electron chi connectivity index (χ3n) is 2.14. The lowest BCUT2D eigenvalue weighted by Gasteiger charge is -2.07. The van der Waals surface area contributed by atoms with Crippen molar-refractivity contribution in [3.8, 4) is 5.75 Å². The Labute approximate surface area is 89.4 Å². The topological polar surface area (TPSA) is 57.5 Å². The van der Waals surface area contributed by atoms with Crippen LogP contribution < -0.4 is 0 Å². The molecule has 0 heterocycles. The highest BCUT2D eigenvalue weighted by Crippen LogP contribution is 2.21. The first-order valence-corrected chi connectivity index (χ1v) is 5.00. The number of aliphatic hydroxyl groups is 1. The van der Waals surface area contributed by atoms with E-state index in [2.05, 4.69) is 0 Å². The van der Waals surface area contributed by atoms with Crippen molar-refractivity contribution in [3.05, 3.63) is 29.3 Å². The van der Waals surface area contributed by atoms with E-state index in [0.717, 1.165) is 0 Å². The maximum atomic E-state index is 11.7. The second-order valence-electron chi connectivity index (χ2n) is 4.03. The van der Waals surface area contributed by atoms with E-state index >= 15 is 0 Å². The van der Waals surface area contributed by atoms with Crippen molar-refractivity contribution >= 4 is 5.78 Å². The van der Waals surface area contributed by atoms with Gasteiger partial charge < -0.3 is 10.2 Å². The number of phenolic OH excluding ortho intramolecular Hbond substituents is 1. The summed E-state index contributed by atoms with van der Waals surface area (Å²) in [5.74, 6) is 0.158. The van der Waals surface area contributed by atoms with Gasteiger partial charge in [0.25, 0.3) is 0 Å². The van der Waals surface area contributed by atoms with Crippen LogP contribution in [-0.4, -0.2) is 16.0 Å². The Morgan fingerprint density at radius 1 is 1.40 bits per heavy atom. The van der Waals surface area contributed by atoms with Gasteiger partial charge in [-0.15, -0.1) is 0 Å². The summed E-state index contributed by atoms with van der Waals surface area (Å²) >= 11 is 0. The van der Waals surface area contributed by atoms with Crippen LogP contribution in [0.25, 0.3) is 0 Å². The summed E-state index contributed by atoms with van der Waals surface area (Å²) in [4.78, 5) is 11.7. The second-order valence-corrected chi connectivity index (χ2v) is 4.03. The number of phenols is 1. The van der Waals surface area contributed by atoms with Crippen molar-refractivity contribution < 1.29 is 15.0 Å². The van der Waals surface area contributed by atoms with Crippen LogP contribution >= 0.6 is 0 Å². The summed E-state index contributed by atoms with van der Waals surface area (Å²) < 4.78 is 0. The Hall–Kier alpha value is -1.35. The molecule has 1 rings (SSSR count). The van der Waals surface area contributed by atoms with Crippen LogP contribution in [0.4, 0.5) is 0 Å². The number of Topliss-reactive ketones (excluding diaryl/α,β-unsaturated/α-hetero) is 1. The van der Waals surface area contributed by atoms with E-state index in [1.807, 2.05) is 13.8 Å². The number of ketones is 1. The first-order valence-electron chi connectivity index (χ1n) is 5.00. The van der Waals surface area contributed by atoms with Gasteiger partial charge in [-0.25, -0.2) is 0 Å². The number of hydrogen-bond donors (Lipinski definition) is 2. The number of hydrogen-bond acceptors (Lipinski definition) is 3. The average molecular weight is 208 g/mol. The molecule has 0 bridgehead atoms. The SMILES string of the molecule is CC(C)CC(=O)c1cc(CO)ccc1O. The van der Waals surface area contributed by atoms with Gasteiger partial charge in [-0.05, 0) is 23.6 Å². The number of aromatic hydroxyl groups is 1. The highest BCUT2D eigenvalue weighted by Gasteiger charge is 2.13. The average Bonchev–Trinajstić information content (AvgIpc) is 2.17. The van der Waals surface area contributed by atoms with Crippen LogP contribution in [0.15, 0.2) is 18.2 Å². The third kappa shape index (κ3) is 3.06. The van der Waals surface area contributed by atoms with E-state index in [1.165, 1.54) is 6.07 Å². The fourth-order valence-corrected chi connectivity index (χ4v) is 1.39. The summed E-state index contributed by atoms with van der Waals surface area (Å²) in [6.45, 7) is 3.78. The lowest BCUT2D eigenvalue weighted by Crippen LogP contribution is -2.04. The van der Waals surface area contributed by atoms with E-state index in [-0.39, 0.29) is 24.1 Å². The standard InChI is InChI=1S/C12H16O3/c1-8(2)5-12(15)10-6-9(7-13)3-4-11(10)14/h3-4,6,8,13-14H,5,7H2,1-2H3. The van der Waals surface area contributed by atoms with Gasteiger partial charge in [0.05, 0.1) is 12.2 Å². The molecule has 0 fully saturated rings. The predicted molar refractivity (Wildman–Crippen MR) is 57.8 cm³/mol. The van der Waals surface area contributed by atoms with Gasteiger partial charge in [0, 0.05) is 6.42 Å². The molecule has 0 aromatic heterocycles. The normalized spacial score (nSPS) is 10.7. The molecular weight excluding hydrogens is 192 g/mol. The molecule has 0 aliphatic rings. The smallest absolute Gasteiger partial charge is 0.166 e. The lowest BCUT2D eigenvalue weighted by molar-refractivity contribution is 0.0965. The van der Waals surface area contributed by atoms with Crippen molar-refractivity contribution in [2.24, 2.45) is 5.92 Å². The minimum absolute atomic E-state index is 0.0159. The van der Waals surface area contributed by atoms with Crippen LogP contribution in [0.2, 0.25) is 0 Å². The zero-order valence-electron chi connectivity index (χ0n) is 9.03. The summed E-state index contributed by atoms with van der Waals surface area (Å²) in [7, 11) is 0. The Morgan fingerprint density at radius 2 is 2.07 bits per heavy atom. The summed E-state index contributed by atoms with van der Waals surface area (Å²) in [5.41, 5.74) is 0.940. The minimum atomic E-state index is -0.123. The van der Waals surface area contributed by atoms with Crippen LogP contribution in [-0.2, 0) is 6.61 Å². The number of benzene rings is 1. The molecule has 0 amide bonds.